The Balaban J connectivity index is 1.34. The van der Waals surface area contributed by atoms with Crippen molar-refractivity contribution >= 4 is 11.8 Å². The van der Waals surface area contributed by atoms with Crippen LogP contribution in [0.3, 0.4) is 0 Å². The number of cyclic esters (lactones) is 1. The lowest BCUT2D eigenvalue weighted by Gasteiger charge is -2.63. The van der Waals surface area contributed by atoms with Crippen LogP contribution >= 0.6 is 0 Å². The number of ketones is 1. The van der Waals surface area contributed by atoms with Gasteiger partial charge in [-0.2, -0.15) is 0 Å². The first-order valence-electron chi connectivity index (χ1n) is 13.1. The molecule has 3 saturated carbocycles. The van der Waals surface area contributed by atoms with Gasteiger partial charge in [0.15, 0.2) is 5.78 Å². The van der Waals surface area contributed by atoms with Crippen LogP contribution in [-0.2, 0) is 19.1 Å². The lowest BCUT2D eigenvalue weighted by molar-refractivity contribution is -0.238. The van der Waals surface area contributed by atoms with Gasteiger partial charge in [0.1, 0.15) is 29.5 Å². The highest BCUT2D eigenvalue weighted by atomic mass is 16.6. The minimum atomic E-state index is -1.25. The molecule has 6 heteroatoms. The molecular weight excluding hydrogens is 432 g/mol. The molecule has 0 aromatic carbocycles. The van der Waals surface area contributed by atoms with Crippen LogP contribution in [0.15, 0.2) is 23.3 Å². The van der Waals surface area contributed by atoms with Crippen LogP contribution in [0.2, 0.25) is 0 Å². The largest absolute Gasteiger partial charge is 0.458 e. The molecule has 0 amide bonds. The molecule has 186 valence electrons. The Morgan fingerprint density at radius 2 is 1.79 bits per heavy atom. The van der Waals surface area contributed by atoms with E-state index in [0.29, 0.717) is 18.8 Å². The third-order valence-electron chi connectivity index (χ3n) is 11.7. The Hall–Kier alpha value is -1.50. The maximum absolute atomic E-state index is 13.3. The van der Waals surface area contributed by atoms with Crippen molar-refractivity contribution in [1.82, 2.24) is 0 Å². The number of ether oxygens (including phenoxy) is 2. The Kier molecular flexibility index (Phi) is 4.61. The minimum absolute atomic E-state index is 0.0149. The van der Waals surface area contributed by atoms with Gasteiger partial charge in [-0.15, -0.1) is 0 Å². The van der Waals surface area contributed by atoms with Crippen molar-refractivity contribution in [3.05, 3.63) is 23.3 Å². The molecule has 0 bridgehead atoms. The maximum atomic E-state index is 13.3. The van der Waals surface area contributed by atoms with Gasteiger partial charge in [0.25, 0.3) is 0 Å². The molecule has 4 fully saturated rings. The number of aliphatic hydroxyl groups is 2. The zero-order chi connectivity index (χ0) is 24.4. The first-order valence-corrected chi connectivity index (χ1v) is 13.1. The van der Waals surface area contributed by atoms with E-state index >= 15 is 0 Å². The summed E-state index contributed by atoms with van der Waals surface area (Å²) in [4.78, 5) is 25.7. The smallest absolute Gasteiger partial charge is 0.333 e. The first kappa shape index (κ1) is 22.9. The Morgan fingerprint density at radius 1 is 1.06 bits per heavy atom. The van der Waals surface area contributed by atoms with Crippen LogP contribution in [-0.4, -0.2) is 51.5 Å². The normalized spacial score (nSPS) is 54.6. The third-order valence-corrected chi connectivity index (χ3v) is 11.7. The lowest BCUT2D eigenvalue weighted by Crippen LogP contribution is -2.74. The summed E-state index contributed by atoms with van der Waals surface area (Å²) >= 11 is 0. The molecule has 0 aromatic rings. The molecule has 11 atom stereocenters. The van der Waals surface area contributed by atoms with Gasteiger partial charge < -0.3 is 19.7 Å². The van der Waals surface area contributed by atoms with E-state index in [-0.39, 0.29) is 41.0 Å². The zero-order valence-electron chi connectivity index (χ0n) is 21.0. The zero-order valence-corrected chi connectivity index (χ0v) is 21.0. The van der Waals surface area contributed by atoms with Crippen molar-refractivity contribution in [2.45, 2.75) is 103 Å². The molecular formula is C28H38O6. The van der Waals surface area contributed by atoms with Crippen LogP contribution in [0.1, 0.15) is 73.1 Å². The standard InChI is InChI=1S/C28H38O6/c1-14-13-18(33-24(30)15(14)2)16(3)17-8-9-19-25(17,4)12-10-20-26(5)21(29)7-6-11-27(26,31)22-23(34-22)28(19,20)32/h6-7,16-20,22-23,31-32H,8-13H2,1-5H3/t16-,17+,18+,19+,20+,22+,23-,25+,26-,27-,28+/m0/s1. The number of rotatable bonds is 2. The number of esters is 1. The van der Waals surface area contributed by atoms with Crippen molar-refractivity contribution in [3.63, 3.8) is 0 Å². The van der Waals surface area contributed by atoms with Crippen LogP contribution in [0.4, 0.5) is 0 Å². The molecule has 4 aliphatic carbocycles. The fraction of sp³-hybridized carbons (Fsp3) is 0.786. The van der Waals surface area contributed by atoms with Gasteiger partial charge in [0, 0.05) is 17.9 Å². The second-order valence-electron chi connectivity index (χ2n) is 12.7. The Labute approximate surface area is 201 Å². The highest BCUT2D eigenvalue weighted by Gasteiger charge is 2.83. The predicted octanol–water partition coefficient (Wildman–Crippen LogP) is 3.50. The van der Waals surface area contributed by atoms with Gasteiger partial charge in [-0.25, -0.2) is 4.79 Å². The average Bonchev–Trinajstić information content (AvgIpc) is 3.52. The van der Waals surface area contributed by atoms with E-state index in [1.54, 1.807) is 12.2 Å². The number of hydrogen-bond acceptors (Lipinski definition) is 6. The van der Waals surface area contributed by atoms with Crippen LogP contribution in [0, 0.1) is 34.5 Å². The second-order valence-corrected chi connectivity index (χ2v) is 12.7. The molecule has 2 aliphatic heterocycles. The SMILES string of the molecule is CC1=C(C)C(=O)O[C@@H]([C@@H](C)[C@H]2CC[C@@H]3[C@]2(C)CC[C@H]2[C@@]3(O)[C@H]3O[C@H]3[C@@]3(O)CC=CC(=O)[C@]23C)C1. The number of carbonyl (C=O) groups excluding carboxylic acids is 2. The van der Waals surface area contributed by atoms with Gasteiger partial charge in [0.2, 0.25) is 0 Å². The minimum Gasteiger partial charge on any atom is -0.458 e. The average molecular weight is 471 g/mol. The van der Waals surface area contributed by atoms with Crippen LogP contribution < -0.4 is 0 Å². The summed E-state index contributed by atoms with van der Waals surface area (Å²) < 4.78 is 12.0. The van der Waals surface area contributed by atoms with Gasteiger partial charge in [0.05, 0.1) is 5.41 Å². The van der Waals surface area contributed by atoms with Crippen molar-refractivity contribution in [3.8, 4) is 0 Å². The van der Waals surface area contributed by atoms with E-state index in [0.717, 1.165) is 36.8 Å². The fourth-order valence-corrected chi connectivity index (χ4v) is 9.43. The molecule has 6 nitrogen and oxygen atoms in total. The molecule has 34 heavy (non-hydrogen) atoms. The summed E-state index contributed by atoms with van der Waals surface area (Å²) in [5, 5.41) is 24.2. The Bertz CT molecular complexity index is 1030. The molecule has 2 heterocycles. The number of allylic oxidation sites excluding steroid dienone is 1. The van der Waals surface area contributed by atoms with Gasteiger partial charge in [-0.1, -0.05) is 25.5 Å². The van der Waals surface area contributed by atoms with Crippen LogP contribution in [0.5, 0.6) is 0 Å². The molecule has 6 rings (SSSR count). The summed E-state index contributed by atoms with van der Waals surface area (Å²) in [6, 6.07) is 0. The third kappa shape index (κ3) is 2.48. The highest BCUT2D eigenvalue weighted by Crippen LogP contribution is 2.73. The summed E-state index contributed by atoms with van der Waals surface area (Å²) in [5.74, 6) is -0.164. The maximum Gasteiger partial charge on any atom is 0.333 e. The molecule has 2 N–H and O–H groups in total. The number of fused-ring (bicyclic) bond motifs is 8. The molecule has 0 radical (unpaired) electrons. The topological polar surface area (TPSA) is 96.4 Å². The Morgan fingerprint density at radius 3 is 2.50 bits per heavy atom. The fourth-order valence-electron chi connectivity index (χ4n) is 9.43. The highest BCUT2D eigenvalue weighted by molar-refractivity contribution is 5.97. The molecule has 1 saturated heterocycles. The molecule has 6 aliphatic rings. The van der Waals surface area contributed by atoms with Crippen molar-refractivity contribution in [1.29, 1.82) is 0 Å². The summed E-state index contributed by atoms with van der Waals surface area (Å²) in [6.45, 7) is 10.2. The van der Waals surface area contributed by atoms with Gasteiger partial charge in [-0.3, -0.25) is 4.79 Å². The summed E-state index contributed by atoms with van der Waals surface area (Å²) in [6.07, 6.45) is 6.83. The van der Waals surface area contributed by atoms with E-state index < -0.39 is 28.8 Å². The molecule has 0 aromatic heterocycles. The van der Waals surface area contributed by atoms with Gasteiger partial charge in [-0.05, 0) is 82.1 Å². The van der Waals surface area contributed by atoms with Gasteiger partial charge >= 0.3 is 5.97 Å². The number of hydrogen-bond donors (Lipinski definition) is 2. The van der Waals surface area contributed by atoms with Crippen molar-refractivity contribution in [2.75, 3.05) is 0 Å². The quantitative estimate of drug-likeness (QED) is 0.474. The monoisotopic (exact) mass is 470 g/mol. The number of epoxide rings is 1. The van der Waals surface area contributed by atoms with E-state index in [1.807, 2.05) is 20.8 Å². The lowest BCUT2D eigenvalue weighted by atomic mass is 9.41. The molecule has 0 spiro atoms. The second kappa shape index (κ2) is 6.83. The number of carbonyl (C=O) groups is 2. The molecule has 0 unspecified atom stereocenters. The van der Waals surface area contributed by atoms with Crippen molar-refractivity contribution < 1.29 is 29.3 Å². The summed E-state index contributed by atoms with van der Waals surface area (Å²) in [7, 11) is 0. The first-order chi connectivity index (χ1) is 15.9. The van der Waals surface area contributed by atoms with Crippen LogP contribution in [0.25, 0.3) is 0 Å². The predicted molar refractivity (Wildman–Crippen MR) is 125 cm³/mol. The van der Waals surface area contributed by atoms with E-state index in [9.17, 15) is 19.8 Å². The summed E-state index contributed by atoms with van der Waals surface area (Å²) in [5.41, 5.74) is -1.75. The van der Waals surface area contributed by atoms with Crippen molar-refractivity contribution in [2.24, 2.45) is 34.5 Å². The van der Waals surface area contributed by atoms with E-state index in [4.69, 9.17) is 9.47 Å². The van der Waals surface area contributed by atoms with E-state index in [2.05, 4.69) is 13.8 Å². The van der Waals surface area contributed by atoms with E-state index in [1.165, 1.54) is 0 Å².